The fraction of sp³-hybridized carbons (Fsp3) is 0.278. The Labute approximate surface area is 172 Å². The molecule has 2 rings (SSSR count). The molecule has 2 N–H and O–H groups in total. The van der Waals surface area contributed by atoms with Gasteiger partial charge in [-0.15, -0.1) is 24.0 Å². The number of aliphatic imine (C=N–C) groups is 1. The number of hydrogen-bond donors (Lipinski definition) is 2. The second-order valence-corrected chi connectivity index (χ2v) is 6.23. The maximum absolute atomic E-state index is 13.6. The highest BCUT2D eigenvalue weighted by Crippen LogP contribution is 2.16. The first-order valence-corrected chi connectivity index (χ1v) is 9.07. The molecule has 26 heavy (non-hydrogen) atoms. The first kappa shape index (κ1) is 22.6. The Hall–Kier alpha value is -1.42. The summed E-state index contributed by atoms with van der Waals surface area (Å²) in [6, 6.07) is 7.98. The largest absolute Gasteiger partial charge is 0.352 e. The molecule has 142 valence electrons. The molecule has 8 heteroatoms. The Morgan fingerprint density at radius 2 is 1.50 bits per heavy atom. The lowest BCUT2D eigenvalue weighted by molar-refractivity contribution is 0.581. The summed E-state index contributed by atoms with van der Waals surface area (Å²) in [4.78, 5) is 4.06. The van der Waals surface area contributed by atoms with Crippen LogP contribution in [0.25, 0.3) is 0 Å². The molecule has 0 radical (unpaired) electrons. The van der Waals surface area contributed by atoms with Gasteiger partial charge in [0.15, 0.2) is 5.96 Å². The van der Waals surface area contributed by atoms with Gasteiger partial charge in [-0.1, -0.05) is 6.07 Å². The van der Waals surface area contributed by atoms with Crippen LogP contribution in [0.1, 0.15) is 16.7 Å². The van der Waals surface area contributed by atoms with E-state index in [-0.39, 0.29) is 41.9 Å². The van der Waals surface area contributed by atoms with Crippen LogP contribution >= 0.6 is 35.7 Å². The lowest BCUT2D eigenvalue weighted by Gasteiger charge is -2.14. The van der Waals surface area contributed by atoms with Crippen LogP contribution in [0.3, 0.4) is 0 Å². The zero-order valence-corrected chi connectivity index (χ0v) is 17.6. The van der Waals surface area contributed by atoms with Gasteiger partial charge < -0.3 is 10.6 Å². The Balaban J connectivity index is 0.00000338. The number of rotatable bonds is 6. The van der Waals surface area contributed by atoms with Crippen LogP contribution in [0.4, 0.5) is 13.2 Å². The first-order valence-electron chi connectivity index (χ1n) is 7.68. The molecule has 2 aromatic rings. The maximum Gasteiger partial charge on any atom is 0.191 e. The minimum Gasteiger partial charge on any atom is -0.352 e. The van der Waals surface area contributed by atoms with Gasteiger partial charge in [-0.25, -0.2) is 13.2 Å². The molecule has 0 bridgehead atoms. The van der Waals surface area contributed by atoms with E-state index in [1.165, 1.54) is 12.1 Å². The number of benzene rings is 2. The van der Waals surface area contributed by atoms with E-state index in [1.54, 1.807) is 24.9 Å². The van der Waals surface area contributed by atoms with E-state index >= 15 is 0 Å². The van der Waals surface area contributed by atoms with Crippen molar-refractivity contribution in [2.45, 2.75) is 18.8 Å². The number of hydrogen-bond acceptors (Lipinski definition) is 2. The SMILES string of the molecule is CN=C(NCc1cc(F)ccc1F)NCc1ccc(F)cc1CSC.I. The molecule has 0 fully saturated rings. The predicted molar refractivity (Wildman–Crippen MR) is 112 cm³/mol. The Morgan fingerprint density at radius 1 is 0.923 bits per heavy atom. The van der Waals surface area contributed by atoms with Crippen LogP contribution in [0.5, 0.6) is 0 Å². The molecule has 2 aromatic carbocycles. The Kier molecular flexibility index (Phi) is 9.85. The zero-order chi connectivity index (χ0) is 18.2. The van der Waals surface area contributed by atoms with Crippen LogP contribution in [0, 0.1) is 17.5 Å². The number of guanidine groups is 1. The molecule has 3 nitrogen and oxygen atoms in total. The van der Waals surface area contributed by atoms with Crippen LogP contribution in [0.2, 0.25) is 0 Å². The molecule has 0 aliphatic heterocycles. The highest BCUT2D eigenvalue weighted by atomic mass is 127. The van der Waals surface area contributed by atoms with Crippen molar-refractivity contribution in [3.05, 3.63) is 70.5 Å². The smallest absolute Gasteiger partial charge is 0.191 e. The van der Waals surface area contributed by atoms with Crippen molar-refractivity contribution in [2.75, 3.05) is 13.3 Å². The topological polar surface area (TPSA) is 36.4 Å². The van der Waals surface area contributed by atoms with Crippen molar-refractivity contribution in [1.82, 2.24) is 10.6 Å². The zero-order valence-electron chi connectivity index (χ0n) is 14.5. The molecule has 0 heterocycles. The van der Waals surface area contributed by atoms with Gasteiger partial charge in [-0.3, -0.25) is 4.99 Å². The summed E-state index contributed by atoms with van der Waals surface area (Å²) in [5, 5.41) is 6.04. The van der Waals surface area contributed by atoms with Gasteiger partial charge in [0.25, 0.3) is 0 Å². The van der Waals surface area contributed by atoms with E-state index in [4.69, 9.17) is 0 Å². The van der Waals surface area contributed by atoms with E-state index in [0.29, 0.717) is 18.3 Å². The van der Waals surface area contributed by atoms with Crippen LogP contribution in [0.15, 0.2) is 41.4 Å². The van der Waals surface area contributed by atoms with E-state index in [2.05, 4.69) is 15.6 Å². The minimum atomic E-state index is -0.492. The molecule has 0 saturated heterocycles. The van der Waals surface area contributed by atoms with Gasteiger partial charge in [0, 0.05) is 31.5 Å². The van der Waals surface area contributed by atoms with Gasteiger partial charge in [-0.05, 0) is 47.7 Å². The second-order valence-electron chi connectivity index (χ2n) is 5.36. The average molecular weight is 495 g/mol. The summed E-state index contributed by atoms with van der Waals surface area (Å²) < 4.78 is 40.2. The lowest BCUT2D eigenvalue weighted by Crippen LogP contribution is -2.36. The Morgan fingerprint density at radius 3 is 2.12 bits per heavy atom. The summed E-state index contributed by atoms with van der Waals surface area (Å²) in [5.41, 5.74) is 2.08. The van der Waals surface area contributed by atoms with Crippen molar-refractivity contribution in [1.29, 1.82) is 0 Å². The molecule has 0 aromatic heterocycles. The monoisotopic (exact) mass is 495 g/mol. The third-order valence-corrected chi connectivity index (χ3v) is 4.19. The lowest BCUT2D eigenvalue weighted by atomic mass is 10.1. The van der Waals surface area contributed by atoms with E-state index in [0.717, 1.165) is 29.3 Å². The van der Waals surface area contributed by atoms with Crippen LogP contribution in [-0.4, -0.2) is 19.3 Å². The summed E-state index contributed by atoms with van der Waals surface area (Å²) in [5.74, 6) is -0.0887. The minimum absolute atomic E-state index is 0. The van der Waals surface area contributed by atoms with Crippen molar-refractivity contribution in [2.24, 2.45) is 4.99 Å². The third kappa shape index (κ3) is 6.71. The summed E-state index contributed by atoms with van der Waals surface area (Å²) >= 11 is 1.61. The Bertz CT molecular complexity index is 756. The van der Waals surface area contributed by atoms with Crippen molar-refractivity contribution in [3.63, 3.8) is 0 Å². The normalized spacial score (nSPS) is 11.0. The third-order valence-electron chi connectivity index (χ3n) is 3.59. The van der Waals surface area contributed by atoms with Gasteiger partial charge in [0.1, 0.15) is 17.5 Å². The summed E-state index contributed by atoms with van der Waals surface area (Å²) in [6.45, 7) is 0.547. The summed E-state index contributed by atoms with van der Waals surface area (Å²) in [6.07, 6.45) is 1.95. The molecule has 0 saturated carbocycles. The fourth-order valence-corrected chi connectivity index (χ4v) is 2.89. The first-order chi connectivity index (χ1) is 12.0. The van der Waals surface area contributed by atoms with Gasteiger partial charge in [0.2, 0.25) is 0 Å². The van der Waals surface area contributed by atoms with Gasteiger partial charge in [-0.2, -0.15) is 11.8 Å². The number of thioether (sulfide) groups is 1. The van der Waals surface area contributed by atoms with E-state index in [1.807, 2.05) is 6.26 Å². The summed E-state index contributed by atoms with van der Waals surface area (Å²) in [7, 11) is 1.59. The van der Waals surface area contributed by atoms with Crippen LogP contribution in [-0.2, 0) is 18.8 Å². The number of nitrogens with one attached hydrogen (secondary N) is 2. The standard InChI is InChI=1S/C18H20F3N3S.HI/c1-22-18(24-10-13-7-16(20)5-6-17(13)21)23-9-12-3-4-15(19)8-14(12)11-25-2;/h3-8H,9-11H2,1-2H3,(H2,22,23,24);1H. The number of nitrogens with zero attached hydrogens (tertiary/aromatic N) is 1. The quantitative estimate of drug-likeness (QED) is 0.353. The van der Waals surface area contributed by atoms with E-state index in [9.17, 15) is 13.2 Å². The number of halogens is 4. The highest BCUT2D eigenvalue weighted by molar-refractivity contribution is 14.0. The highest BCUT2D eigenvalue weighted by Gasteiger charge is 2.07. The maximum atomic E-state index is 13.6. The fourth-order valence-electron chi connectivity index (χ4n) is 2.31. The van der Waals surface area contributed by atoms with E-state index < -0.39 is 11.6 Å². The molecular formula is C18H21F3IN3S. The molecule has 0 atom stereocenters. The van der Waals surface area contributed by atoms with Gasteiger partial charge >= 0.3 is 0 Å². The molecule has 0 aliphatic rings. The predicted octanol–water partition coefficient (Wildman–Crippen LogP) is 4.45. The van der Waals surface area contributed by atoms with Crippen LogP contribution < -0.4 is 10.6 Å². The second kappa shape index (κ2) is 11.3. The molecule has 0 amide bonds. The average Bonchev–Trinajstić information content (AvgIpc) is 2.59. The van der Waals surface area contributed by atoms with Crippen molar-refractivity contribution < 1.29 is 13.2 Å². The molecule has 0 aliphatic carbocycles. The molecule has 0 spiro atoms. The van der Waals surface area contributed by atoms with Gasteiger partial charge in [0.05, 0.1) is 0 Å². The van der Waals surface area contributed by atoms with Crippen molar-refractivity contribution in [3.8, 4) is 0 Å². The van der Waals surface area contributed by atoms with Crippen molar-refractivity contribution >= 4 is 41.7 Å². The molecule has 0 unspecified atom stereocenters. The molecular weight excluding hydrogens is 474 g/mol.